The van der Waals surface area contributed by atoms with E-state index in [-0.39, 0.29) is 5.82 Å². The minimum absolute atomic E-state index is 0.336. The van der Waals surface area contributed by atoms with E-state index >= 15 is 0 Å². The molecule has 0 unspecified atom stereocenters. The summed E-state index contributed by atoms with van der Waals surface area (Å²) in [6, 6.07) is 7.41. The van der Waals surface area contributed by atoms with Crippen LogP contribution < -0.4 is 10.6 Å². The summed E-state index contributed by atoms with van der Waals surface area (Å²) in [5, 5.41) is 16.1. The average Bonchev–Trinajstić information content (AvgIpc) is 3.18. The molecule has 7 nitrogen and oxygen atoms in total. The molecule has 0 aliphatic heterocycles. The number of nitrogens with zero attached hydrogens (tertiary/aromatic N) is 3. The third kappa shape index (κ3) is 3.43. The first-order valence-corrected chi connectivity index (χ1v) is 7.57. The van der Waals surface area contributed by atoms with Gasteiger partial charge in [-0.05, 0) is 24.6 Å². The van der Waals surface area contributed by atoms with Gasteiger partial charge in [0.2, 0.25) is 0 Å². The second-order valence-corrected chi connectivity index (χ2v) is 5.20. The molecule has 1 aromatic carbocycles. The van der Waals surface area contributed by atoms with Gasteiger partial charge in [0.05, 0.1) is 29.5 Å². The van der Waals surface area contributed by atoms with Crippen LogP contribution in [0.1, 0.15) is 19.0 Å². The smallest absolute Gasteiger partial charge is 0.305 e. The molecule has 24 heavy (non-hydrogen) atoms. The van der Waals surface area contributed by atoms with Crippen LogP contribution in [-0.2, 0) is 6.42 Å². The molecule has 0 spiro atoms. The van der Waals surface area contributed by atoms with Crippen LogP contribution in [0.3, 0.4) is 0 Å². The zero-order valence-corrected chi connectivity index (χ0v) is 13.1. The number of nitrogens with one attached hydrogen (secondary N) is 3. The fraction of sp³-hybridized carbons (Fsp3) is 0.188. The average molecular weight is 328 g/mol. The van der Waals surface area contributed by atoms with Crippen molar-refractivity contribution in [2.75, 3.05) is 10.6 Å². The second kappa shape index (κ2) is 6.95. The number of hydrogen-bond donors (Lipinski definition) is 3. The number of urea groups is 1. The molecule has 3 aromatic rings. The van der Waals surface area contributed by atoms with Crippen molar-refractivity contribution >= 4 is 17.5 Å². The highest BCUT2D eigenvalue weighted by molar-refractivity contribution is 5.99. The van der Waals surface area contributed by atoms with E-state index in [9.17, 15) is 9.18 Å². The number of rotatable bonds is 5. The van der Waals surface area contributed by atoms with Crippen LogP contribution in [0.15, 0.2) is 42.7 Å². The van der Waals surface area contributed by atoms with Crippen LogP contribution in [0.5, 0.6) is 0 Å². The Kier molecular flexibility index (Phi) is 4.55. The van der Waals surface area contributed by atoms with Gasteiger partial charge in [-0.25, -0.2) is 13.9 Å². The summed E-state index contributed by atoms with van der Waals surface area (Å²) in [6.45, 7) is 2.03. The first-order chi connectivity index (χ1) is 11.7. The van der Waals surface area contributed by atoms with Gasteiger partial charge < -0.3 is 5.32 Å². The fourth-order valence-corrected chi connectivity index (χ4v) is 2.39. The number of benzene rings is 1. The molecule has 0 bridgehead atoms. The Balaban J connectivity index is 1.84. The highest BCUT2D eigenvalue weighted by atomic mass is 19.1. The molecule has 0 saturated carbocycles. The molecule has 2 aromatic heterocycles. The van der Waals surface area contributed by atoms with E-state index in [0.717, 1.165) is 12.1 Å². The predicted octanol–water partition coefficient (Wildman–Crippen LogP) is 3.33. The van der Waals surface area contributed by atoms with Gasteiger partial charge in [0, 0.05) is 6.07 Å². The van der Waals surface area contributed by atoms with E-state index in [1.807, 2.05) is 6.92 Å². The highest BCUT2D eigenvalue weighted by Gasteiger charge is 2.14. The number of amides is 2. The summed E-state index contributed by atoms with van der Waals surface area (Å²) in [5.41, 5.74) is 2.00. The number of aromatic amines is 1. The number of carbonyl (C=O) groups is 1. The maximum Gasteiger partial charge on any atom is 0.324 e. The van der Waals surface area contributed by atoms with E-state index in [1.165, 1.54) is 12.1 Å². The molecule has 0 fully saturated rings. The Morgan fingerprint density at radius 3 is 2.92 bits per heavy atom. The van der Waals surface area contributed by atoms with Gasteiger partial charge in [-0.15, -0.1) is 0 Å². The van der Waals surface area contributed by atoms with Crippen LogP contribution in [0.25, 0.3) is 5.69 Å². The van der Waals surface area contributed by atoms with Gasteiger partial charge in [-0.1, -0.05) is 19.4 Å². The molecule has 0 saturated heterocycles. The third-order valence-corrected chi connectivity index (χ3v) is 3.41. The van der Waals surface area contributed by atoms with Crippen molar-refractivity contribution < 1.29 is 9.18 Å². The molecule has 0 aliphatic rings. The number of hydrogen-bond acceptors (Lipinski definition) is 3. The van der Waals surface area contributed by atoms with Gasteiger partial charge in [-0.2, -0.15) is 10.2 Å². The lowest BCUT2D eigenvalue weighted by molar-refractivity contribution is 0.262. The van der Waals surface area contributed by atoms with Crippen molar-refractivity contribution in [2.24, 2.45) is 0 Å². The summed E-state index contributed by atoms with van der Waals surface area (Å²) in [4.78, 5) is 12.1. The van der Waals surface area contributed by atoms with Crippen LogP contribution in [0, 0.1) is 5.82 Å². The van der Waals surface area contributed by atoms with Crippen LogP contribution in [0.4, 0.5) is 20.7 Å². The van der Waals surface area contributed by atoms with Gasteiger partial charge in [0.25, 0.3) is 0 Å². The monoisotopic (exact) mass is 328 g/mol. The lowest BCUT2D eigenvalue weighted by Crippen LogP contribution is -2.20. The van der Waals surface area contributed by atoms with Crippen molar-refractivity contribution in [3.8, 4) is 5.69 Å². The minimum Gasteiger partial charge on any atom is -0.305 e. The Hall–Kier alpha value is -3.16. The summed E-state index contributed by atoms with van der Waals surface area (Å²) in [7, 11) is 0. The maximum atomic E-state index is 13.5. The number of H-pyrrole nitrogens is 1. The lowest BCUT2D eigenvalue weighted by Gasteiger charge is -2.10. The Labute approximate surface area is 137 Å². The second-order valence-electron chi connectivity index (χ2n) is 5.20. The van der Waals surface area contributed by atoms with E-state index in [4.69, 9.17) is 0 Å². The van der Waals surface area contributed by atoms with E-state index in [0.29, 0.717) is 23.6 Å². The largest absolute Gasteiger partial charge is 0.324 e. The van der Waals surface area contributed by atoms with Crippen molar-refractivity contribution in [2.45, 2.75) is 19.8 Å². The van der Waals surface area contributed by atoms with E-state index in [2.05, 4.69) is 25.9 Å². The summed E-state index contributed by atoms with van der Waals surface area (Å²) in [5.74, 6) is 0.152. The topological polar surface area (TPSA) is 87.6 Å². The van der Waals surface area contributed by atoms with Crippen LogP contribution >= 0.6 is 0 Å². The Morgan fingerprint density at radius 1 is 1.33 bits per heavy atom. The number of halogens is 1. The molecule has 0 aliphatic carbocycles. The molecule has 3 rings (SSSR count). The van der Waals surface area contributed by atoms with Gasteiger partial charge >= 0.3 is 6.03 Å². The standard InChI is InChI=1S/C16H17FN6O/c1-2-4-14-13(20-16(24)21-15-7-8-18-22-15)10-19-23(14)12-6-3-5-11(17)9-12/h3,5-10H,2,4H2,1H3,(H3,18,20,21,22,24). The van der Waals surface area contributed by atoms with Crippen molar-refractivity contribution in [3.05, 3.63) is 54.2 Å². The van der Waals surface area contributed by atoms with Crippen molar-refractivity contribution in [1.82, 2.24) is 20.0 Å². The molecular weight excluding hydrogens is 311 g/mol. The van der Waals surface area contributed by atoms with Crippen LogP contribution in [-0.4, -0.2) is 26.0 Å². The van der Waals surface area contributed by atoms with E-state index in [1.54, 1.807) is 35.3 Å². The first-order valence-electron chi connectivity index (χ1n) is 7.57. The fourth-order valence-electron chi connectivity index (χ4n) is 2.39. The summed E-state index contributed by atoms with van der Waals surface area (Å²) >= 11 is 0. The molecule has 2 heterocycles. The Bertz CT molecular complexity index is 827. The zero-order chi connectivity index (χ0) is 16.9. The molecule has 3 N–H and O–H groups in total. The van der Waals surface area contributed by atoms with Gasteiger partial charge in [-0.3, -0.25) is 10.4 Å². The molecule has 2 amide bonds. The van der Waals surface area contributed by atoms with E-state index < -0.39 is 6.03 Å². The molecule has 124 valence electrons. The molecule has 0 radical (unpaired) electrons. The van der Waals surface area contributed by atoms with Crippen molar-refractivity contribution in [3.63, 3.8) is 0 Å². The summed E-state index contributed by atoms with van der Waals surface area (Å²) < 4.78 is 15.1. The third-order valence-electron chi connectivity index (χ3n) is 3.41. The van der Waals surface area contributed by atoms with Gasteiger partial charge in [0.15, 0.2) is 0 Å². The SMILES string of the molecule is CCCc1c(NC(=O)Nc2ccn[nH]2)cnn1-c1cccc(F)c1. The molecule has 0 atom stereocenters. The predicted molar refractivity (Wildman–Crippen MR) is 88.7 cm³/mol. The lowest BCUT2D eigenvalue weighted by atomic mass is 10.2. The van der Waals surface area contributed by atoms with Gasteiger partial charge in [0.1, 0.15) is 11.6 Å². The minimum atomic E-state index is -0.407. The highest BCUT2D eigenvalue weighted by Crippen LogP contribution is 2.21. The Morgan fingerprint density at radius 2 is 2.21 bits per heavy atom. The first kappa shape index (κ1) is 15.7. The number of aromatic nitrogens is 4. The summed E-state index contributed by atoms with van der Waals surface area (Å²) in [6.07, 6.45) is 4.65. The zero-order valence-electron chi connectivity index (χ0n) is 13.1. The number of carbonyl (C=O) groups excluding carboxylic acids is 1. The molecule has 8 heteroatoms. The molecular formula is C16H17FN6O. The van der Waals surface area contributed by atoms with Crippen molar-refractivity contribution in [1.29, 1.82) is 0 Å². The number of anilines is 2. The normalized spacial score (nSPS) is 10.6. The quantitative estimate of drug-likeness (QED) is 0.671. The maximum absolute atomic E-state index is 13.5. The van der Waals surface area contributed by atoms with Crippen LogP contribution in [0.2, 0.25) is 0 Å².